The zero-order valence-corrected chi connectivity index (χ0v) is 22.7. The van der Waals surface area contributed by atoms with Crippen molar-refractivity contribution < 1.29 is 4.79 Å². The Morgan fingerprint density at radius 2 is 1.77 bits per heavy atom. The number of nitrogens with one attached hydrogen (secondary N) is 3. The summed E-state index contributed by atoms with van der Waals surface area (Å²) in [7, 11) is 0. The number of hydrogen-bond donors (Lipinski definition) is 4. The molecule has 4 aromatic rings. The maximum Gasteiger partial charge on any atom is 0.294 e. The monoisotopic (exact) mass is 554 g/mol. The first-order valence-corrected chi connectivity index (χ1v) is 14.0. The number of hydrogen-bond acceptors (Lipinski definition) is 5. The molecule has 40 heavy (non-hydrogen) atoms. The maximum atomic E-state index is 13.7. The number of carbonyl (C=O) groups is 1. The number of benzene rings is 3. The van der Waals surface area contributed by atoms with Gasteiger partial charge in [0, 0.05) is 24.1 Å². The quantitative estimate of drug-likeness (QED) is 0.182. The molecule has 2 aliphatic rings. The van der Waals surface area contributed by atoms with Crippen molar-refractivity contribution >= 4 is 39.9 Å². The third-order valence-electron chi connectivity index (χ3n) is 8.08. The molecular formula is C31H31ClN6O2. The maximum absolute atomic E-state index is 13.7. The molecule has 1 fully saturated rings. The van der Waals surface area contributed by atoms with Gasteiger partial charge in [-0.05, 0) is 54.0 Å². The SMILES string of the molecule is N=C(N)c1ccc(CNC(=O)[C@@H]2C[C@@H](Cc3ccc4ccccc4c3)c3c(Cl)nc(NC4CCC4)c(=O)n32)cc1. The van der Waals surface area contributed by atoms with Crippen LogP contribution >= 0.6 is 11.6 Å². The van der Waals surface area contributed by atoms with Crippen LogP contribution < -0.4 is 21.9 Å². The molecule has 0 spiro atoms. The van der Waals surface area contributed by atoms with Crippen LogP contribution in [-0.4, -0.2) is 27.3 Å². The normalized spacial score (nSPS) is 18.2. The van der Waals surface area contributed by atoms with Gasteiger partial charge in [-0.15, -0.1) is 0 Å². The van der Waals surface area contributed by atoms with Crippen molar-refractivity contribution in [2.24, 2.45) is 5.73 Å². The molecule has 204 valence electrons. The Hall–Kier alpha value is -4.17. The zero-order chi connectivity index (χ0) is 27.8. The number of nitrogen functional groups attached to an aromatic ring is 1. The number of amidine groups is 1. The number of carbonyl (C=O) groups excluding carboxylic acids is 1. The Balaban J connectivity index is 1.29. The van der Waals surface area contributed by atoms with Crippen molar-refractivity contribution in [3.8, 4) is 0 Å². The summed E-state index contributed by atoms with van der Waals surface area (Å²) in [6.45, 7) is 0.291. The molecule has 1 saturated carbocycles. The number of anilines is 1. The van der Waals surface area contributed by atoms with E-state index in [4.69, 9.17) is 22.7 Å². The number of nitrogens with two attached hydrogens (primary N) is 1. The van der Waals surface area contributed by atoms with Gasteiger partial charge in [0.25, 0.3) is 5.56 Å². The molecular weight excluding hydrogens is 524 g/mol. The highest BCUT2D eigenvalue weighted by atomic mass is 35.5. The fourth-order valence-electron chi connectivity index (χ4n) is 5.69. The Kier molecular flexibility index (Phi) is 7.02. The second-order valence-corrected chi connectivity index (χ2v) is 11.1. The molecule has 1 aromatic heterocycles. The van der Waals surface area contributed by atoms with Crippen molar-refractivity contribution in [3.05, 3.63) is 105 Å². The van der Waals surface area contributed by atoms with Crippen LogP contribution in [0.25, 0.3) is 10.8 Å². The van der Waals surface area contributed by atoms with Gasteiger partial charge in [-0.2, -0.15) is 0 Å². The van der Waals surface area contributed by atoms with Gasteiger partial charge in [0.1, 0.15) is 11.9 Å². The van der Waals surface area contributed by atoms with Crippen molar-refractivity contribution in [3.63, 3.8) is 0 Å². The van der Waals surface area contributed by atoms with E-state index in [1.807, 2.05) is 24.3 Å². The van der Waals surface area contributed by atoms with Gasteiger partial charge >= 0.3 is 0 Å². The lowest BCUT2D eigenvalue weighted by Crippen LogP contribution is -2.38. The van der Waals surface area contributed by atoms with Crippen molar-refractivity contribution in [2.75, 3.05) is 5.32 Å². The van der Waals surface area contributed by atoms with Crippen LogP contribution in [0.1, 0.15) is 60.0 Å². The Morgan fingerprint density at radius 1 is 1.05 bits per heavy atom. The minimum atomic E-state index is -0.702. The van der Waals surface area contributed by atoms with E-state index in [1.165, 1.54) is 0 Å². The first kappa shape index (κ1) is 26.1. The van der Waals surface area contributed by atoms with Crippen LogP contribution in [0.15, 0.2) is 71.5 Å². The zero-order valence-electron chi connectivity index (χ0n) is 22.0. The molecule has 6 rings (SSSR count). The van der Waals surface area contributed by atoms with E-state index in [0.717, 1.165) is 41.2 Å². The Labute approximate surface area is 237 Å². The third-order valence-corrected chi connectivity index (χ3v) is 8.36. The number of amides is 1. The molecule has 0 saturated heterocycles. The van der Waals surface area contributed by atoms with Crippen LogP contribution in [0.4, 0.5) is 5.82 Å². The Morgan fingerprint density at radius 3 is 2.48 bits per heavy atom. The number of halogens is 1. The summed E-state index contributed by atoms with van der Waals surface area (Å²) in [5, 5.41) is 16.4. The number of nitrogens with zero attached hydrogens (tertiary/aromatic N) is 2. The lowest BCUT2D eigenvalue weighted by molar-refractivity contribution is -0.124. The minimum absolute atomic E-state index is 0.00761. The summed E-state index contributed by atoms with van der Waals surface area (Å²) in [5.74, 6) is -0.178. The predicted octanol–water partition coefficient (Wildman–Crippen LogP) is 4.89. The topological polar surface area (TPSA) is 126 Å². The summed E-state index contributed by atoms with van der Waals surface area (Å²) < 4.78 is 1.57. The standard InChI is InChI=1S/C31H31ClN6O2/c32-27-26-23(15-19-10-11-20-4-1-2-5-22(20)14-19)16-25(38(26)31(40)29(37-27)36-24-6-3-7-24)30(39)35-17-18-8-12-21(13-9-18)28(33)34/h1-2,4-5,8-14,23-25H,3,6-7,15-17H2,(H3,33,34)(H,35,39)(H,36,37)/t23-,25+/m1/s1. The second kappa shape index (κ2) is 10.8. The number of rotatable bonds is 8. The van der Waals surface area contributed by atoms with Crippen molar-refractivity contribution in [1.82, 2.24) is 14.9 Å². The minimum Gasteiger partial charge on any atom is -0.384 e. The third kappa shape index (κ3) is 5.07. The van der Waals surface area contributed by atoms with E-state index in [2.05, 4.69) is 45.9 Å². The van der Waals surface area contributed by atoms with E-state index >= 15 is 0 Å². The highest BCUT2D eigenvalue weighted by Gasteiger charge is 2.39. The fraction of sp³-hybridized carbons (Fsp3) is 0.290. The lowest BCUT2D eigenvalue weighted by Gasteiger charge is -2.27. The van der Waals surface area contributed by atoms with Crippen LogP contribution in [0, 0.1) is 5.41 Å². The highest BCUT2D eigenvalue weighted by Crippen LogP contribution is 2.41. The molecule has 2 atom stereocenters. The van der Waals surface area contributed by atoms with Gasteiger partial charge in [0.15, 0.2) is 11.0 Å². The van der Waals surface area contributed by atoms with Gasteiger partial charge in [0.05, 0.1) is 5.69 Å². The van der Waals surface area contributed by atoms with Gasteiger partial charge < -0.3 is 16.4 Å². The molecule has 0 radical (unpaired) electrons. The van der Waals surface area contributed by atoms with Gasteiger partial charge in [-0.1, -0.05) is 78.3 Å². The van der Waals surface area contributed by atoms with Crippen LogP contribution in [-0.2, 0) is 17.8 Å². The molecule has 8 nitrogen and oxygen atoms in total. The summed E-state index contributed by atoms with van der Waals surface area (Å²) in [6.07, 6.45) is 4.17. The first-order chi connectivity index (χ1) is 19.4. The molecule has 2 heterocycles. The molecule has 0 unspecified atom stereocenters. The average molecular weight is 555 g/mol. The van der Waals surface area contributed by atoms with Crippen molar-refractivity contribution in [2.45, 2.75) is 56.7 Å². The highest BCUT2D eigenvalue weighted by molar-refractivity contribution is 6.30. The predicted molar refractivity (Wildman–Crippen MR) is 158 cm³/mol. The summed E-state index contributed by atoms with van der Waals surface area (Å²) >= 11 is 6.76. The molecule has 1 aliphatic carbocycles. The summed E-state index contributed by atoms with van der Waals surface area (Å²) in [6, 6.07) is 21.2. The van der Waals surface area contributed by atoms with Crippen molar-refractivity contribution in [1.29, 1.82) is 5.41 Å². The molecule has 0 bridgehead atoms. The molecule has 3 aromatic carbocycles. The van der Waals surface area contributed by atoms with E-state index in [9.17, 15) is 9.59 Å². The van der Waals surface area contributed by atoms with E-state index in [-0.39, 0.29) is 40.2 Å². The summed E-state index contributed by atoms with van der Waals surface area (Å²) in [5.41, 5.74) is 8.47. The van der Waals surface area contributed by atoms with Crippen LogP contribution in [0.5, 0.6) is 0 Å². The van der Waals surface area contributed by atoms with Gasteiger partial charge in [0.2, 0.25) is 5.91 Å². The fourth-order valence-corrected chi connectivity index (χ4v) is 6.02. The molecule has 1 aliphatic heterocycles. The molecule has 1 amide bonds. The molecule has 5 N–H and O–H groups in total. The van der Waals surface area contributed by atoms with Crippen LogP contribution in [0.2, 0.25) is 5.15 Å². The first-order valence-electron chi connectivity index (χ1n) is 13.6. The Bertz CT molecular complexity index is 1660. The summed E-state index contributed by atoms with van der Waals surface area (Å²) in [4.78, 5) is 31.8. The smallest absolute Gasteiger partial charge is 0.294 e. The number of fused-ring (bicyclic) bond motifs is 2. The van der Waals surface area contributed by atoms with E-state index in [0.29, 0.717) is 30.6 Å². The largest absolute Gasteiger partial charge is 0.384 e. The lowest BCUT2D eigenvalue weighted by atomic mass is 9.92. The molecule has 9 heteroatoms. The van der Waals surface area contributed by atoms with Gasteiger partial charge in [-0.3, -0.25) is 19.6 Å². The van der Waals surface area contributed by atoms with E-state index < -0.39 is 6.04 Å². The van der Waals surface area contributed by atoms with E-state index in [1.54, 1.807) is 16.7 Å². The second-order valence-electron chi connectivity index (χ2n) is 10.7. The number of aromatic nitrogens is 2. The van der Waals surface area contributed by atoms with Crippen LogP contribution in [0.3, 0.4) is 0 Å². The average Bonchev–Trinajstić information content (AvgIpc) is 3.32. The van der Waals surface area contributed by atoms with Gasteiger partial charge in [-0.25, -0.2) is 4.98 Å².